The van der Waals surface area contributed by atoms with E-state index in [4.69, 9.17) is 4.74 Å². The van der Waals surface area contributed by atoms with Crippen molar-refractivity contribution in [3.05, 3.63) is 35.4 Å². The van der Waals surface area contributed by atoms with Gasteiger partial charge in [-0.15, -0.1) is 0 Å². The van der Waals surface area contributed by atoms with Crippen LogP contribution in [-0.4, -0.2) is 12.1 Å². The number of aryl methyl sites for hydroxylation is 1. The van der Waals surface area contributed by atoms with Gasteiger partial charge in [-0.25, -0.2) is 0 Å². The van der Waals surface area contributed by atoms with E-state index in [1.54, 1.807) is 0 Å². The average Bonchev–Trinajstić information content (AvgIpc) is 2.70. The van der Waals surface area contributed by atoms with E-state index in [0.717, 1.165) is 44.4 Å². The van der Waals surface area contributed by atoms with Crippen molar-refractivity contribution in [1.29, 1.82) is 0 Å². The van der Waals surface area contributed by atoms with Gasteiger partial charge >= 0.3 is 5.97 Å². The molecule has 27 heavy (non-hydrogen) atoms. The Morgan fingerprint density at radius 1 is 0.889 bits per heavy atom. The molecule has 2 fully saturated rings. The third-order valence-corrected chi connectivity index (χ3v) is 6.82. The van der Waals surface area contributed by atoms with Gasteiger partial charge in [0.15, 0.2) is 0 Å². The molecule has 0 bridgehead atoms. The van der Waals surface area contributed by atoms with Crippen LogP contribution in [0.4, 0.5) is 0 Å². The van der Waals surface area contributed by atoms with E-state index in [-0.39, 0.29) is 18.0 Å². The molecule has 0 spiro atoms. The average molecular weight is 371 g/mol. The van der Waals surface area contributed by atoms with Crippen LogP contribution in [0.5, 0.6) is 0 Å². The maximum atomic E-state index is 12.6. The standard InChI is InChI=1S/C25H38O2/c1-3-5-19-7-11-21(12-8-19)22-15-17-24(18-16-22)27-25(26)23-13-9-20(6-4-2)10-14-23/h7-8,11-12,20,22-24H,3-6,9-10,13-18H2,1-2H3/t20-,22-,23-,24-. The Hall–Kier alpha value is -1.31. The molecule has 1 aromatic rings. The van der Waals surface area contributed by atoms with Gasteiger partial charge in [-0.05, 0) is 80.8 Å². The van der Waals surface area contributed by atoms with Crippen molar-refractivity contribution in [2.45, 2.75) is 103 Å². The molecule has 0 aliphatic heterocycles. The highest BCUT2D eigenvalue weighted by molar-refractivity contribution is 5.72. The minimum absolute atomic E-state index is 0.0947. The lowest BCUT2D eigenvalue weighted by Crippen LogP contribution is -2.29. The van der Waals surface area contributed by atoms with Crippen LogP contribution in [0.1, 0.15) is 102 Å². The van der Waals surface area contributed by atoms with Gasteiger partial charge in [0.2, 0.25) is 0 Å². The lowest BCUT2D eigenvalue weighted by molar-refractivity contribution is -0.157. The quantitative estimate of drug-likeness (QED) is 0.492. The third kappa shape index (κ3) is 5.83. The van der Waals surface area contributed by atoms with Crippen molar-refractivity contribution in [1.82, 2.24) is 0 Å². The number of esters is 1. The highest BCUT2D eigenvalue weighted by Crippen LogP contribution is 2.36. The molecular weight excluding hydrogens is 332 g/mol. The number of hydrogen-bond donors (Lipinski definition) is 0. The largest absolute Gasteiger partial charge is 0.462 e. The Kier molecular flexibility index (Phi) is 7.79. The lowest BCUT2D eigenvalue weighted by Gasteiger charge is -2.31. The fourth-order valence-corrected chi connectivity index (χ4v) is 5.11. The molecular formula is C25H38O2. The van der Waals surface area contributed by atoms with Gasteiger partial charge in [0.05, 0.1) is 5.92 Å². The summed E-state index contributed by atoms with van der Waals surface area (Å²) in [5, 5.41) is 0. The summed E-state index contributed by atoms with van der Waals surface area (Å²) in [6, 6.07) is 9.22. The molecule has 150 valence electrons. The van der Waals surface area contributed by atoms with E-state index in [2.05, 4.69) is 38.1 Å². The minimum Gasteiger partial charge on any atom is -0.462 e. The zero-order valence-corrected chi connectivity index (χ0v) is 17.4. The molecule has 2 nitrogen and oxygen atoms in total. The van der Waals surface area contributed by atoms with Crippen LogP contribution in [0.3, 0.4) is 0 Å². The van der Waals surface area contributed by atoms with Crippen LogP contribution in [0.2, 0.25) is 0 Å². The highest BCUT2D eigenvalue weighted by atomic mass is 16.5. The number of rotatable bonds is 7. The van der Waals surface area contributed by atoms with Gasteiger partial charge in [0.1, 0.15) is 6.10 Å². The SMILES string of the molecule is CCCc1ccc([C@H]2CC[C@H](OC(=O)[C@H]3CC[C@H](CCC)CC3)CC2)cc1. The molecule has 0 aromatic heterocycles. The van der Waals surface area contributed by atoms with Gasteiger partial charge in [-0.1, -0.05) is 57.4 Å². The zero-order chi connectivity index (χ0) is 19.1. The summed E-state index contributed by atoms with van der Waals surface area (Å²) in [6.07, 6.45) is 14.0. The number of hydrogen-bond acceptors (Lipinski definition) is 2. The molecule has 2 aliphatic rings. The highest BCUT2D eigenvalue weighted by Gasteiger charge is 2.30. The smallest absolute Gasteiger partial charge is 0.309 e. The summed E-state index contributed by atoms with van der Waals surface area (Å²) in [6.45, 7) is 4.49. The Balaban J connectivity index is 1.41. The first-order valence-electron chi connectivity index (χ1n) is 11.5. The summed E-state index contributed by atoms with van der Waals surface area (Å²) < 4.78 is 5.92. The predicted octanol–water partition coefficient (Wildman–Crippen LogP) is 6.82. The lowest BCUT2D eigenvalue weighted by atomic mass is 9.80. The topological polar surface area (TPSA) is 26.3 Å². The van der Waals surface area contributed by atoms with Crippen LogP contribution in [0, 0.1) is 11.8 Å². The van der Waals surface area contributed by atoms with Crippen molar-refractivity contribution in [3.63, 3.8) is 0 Å². The summed E-state index contributed by atoms with van der Waals surface area (Å²) in [5.74, 6) is 1.75. The summed E-state index contributed by atoms with van der Waals surface area (Å²) in [7, 11) is 0. The first-order chi connectivity index (χ1) is 13.2. The van der Waals surface area contributed by atoms with Gasteiger partial charge in [0.25, 0.3) is 0 Å². The molecule has 0 radical (unpaired) electrons. The molecule has 3 rings (SSSR count). The van der Waals surface area contributed by atoms with E-state index < -0.39 is 0 Å². The van der Waals surface area contributed by atoms with Crippen LogP contribution in [-0.2, 0) is 16.0 Å². The number of carbonyl (C=O) groups excluding carboxylic acids is 1. The second-order valence-corrected chi connectivity index (χ2v) is 8.91. The van der Waals surface area contributed by atoms with E-state index in [9.17, 15) is 4.79 Å². The van der Waals surface area contributed by atoms with E-state index in [1.807, 2.05) is 0 Å². The third-order valence-electron chi connectivity index (χ3n) is 6.82. The first-order valence-corrected chi connectivity index (χ1v) is 11.5. The minimum atomic E-state index is 0.0947. The number of benzene rings is 1. The Morgan fingerprint density at radius 3 is 2.15 bits per heavy atom. The zero-order valence-electron chi connectivity index (χ0n) is 17.4. The summed E-state index contributed by atoms with van der Waals surface area (Å²) in [5.41, 5.74) is 2.91. The molecule has 0 heterocycles. The summed E-state index contributed by atoms with van der Waals surface area (Å²) >= 11 is 0. The summed E-state index contributed by atoms with van der Waals surface area (Å²) in [4.78, 5) is 12.6. The van der Waals surface area contributed by atoms with Crippen molar-refractivity contribution >= 4 is 5.97 Å². The van der Waals surface area contributed by atoms with Crippen LogP contribution in [0.25, 0.3) is 0 Å². The van der Waals surface area contributed by atoms with Crippen LogP contribution >= 0.6 is 0 Å². The van der Waals surface area contributed by atoms with Gasteiger partial charge in [0, 0.05) is 0 Å². The molecule has 0 unspecified atom stereocenters. The normalized spacial score (nSPS) is 28.7. The predicted molar refractivity (Wildman–Crippen MR) is 112 cm³/mol. The molecule has 0 N–H and O–H groups in total. The second kappa shape index (κ2) is 10.3. The second-order valence-electron chi connectivity index (χ2n) is 8.91. The van der Waals surface area contributed by atoms with Crippen molar-refractivity contribution in [3.8, 4) is 0 Å². The van der Waals surface area contributed by atoms with E-state index in [0.29, 0.717) is 5.92 Å². The fourth-order valence-electron chi connectivity index (χ4n) is 5.11. The Labute approximate surface area is 166 Å². The van der Waals surface area contributed by atoms with Crippen LogP contribution in [0.15, 0.2) is 24.3 Å². The van der Waals surface area contributed by atoms with Crippen molar-refractivity contribution in [2.75, 3.05) is 0 Å². The fraction of sp³-hybridized carbons (Fsp3) is 0.720. The van der Waals surface area contributed by atoms with Gasteiger partial charge < -0.3 is 4.74 Å². The van der Waals surface area contributed by atoms with Crippen molar-refractivity contribution in [2.24, 2.45) is 11.8 Å². The Morgan fingerprint density at radius 2 is 1.56 bits per heavy atom. The molecule has 1 aromatic carbocycles. The molecule has 2 heteroatoms. The van der Waals surface area contributed by atoms with Crippen molar-refractivity contribution < 1.29 is 9.53 Å². The number of carbonyl (C=O) groups is 1. The maximum absolute atomic E-state index is 12.6. The molecule has 2 aliphatic carbocycles. The van der Waals surface area contributed by atoms with Gasteiger partial charge in [-0.3, -0.25) is 4.79 Å². The monoisotopic (exact) mass is 370 g/mol. The van der Waals surface area contributed by atoms with Gasteiger partial charge in [-0.2, -0.15) is 0 Å². The first kappa shape index (κ1) is 20.4. The van der Waals surface area contributed by atoms with Crippen LogP contribution < -0.4 is 0 Å². The molecule has 0 atom stereocenters. The maximum Gasteiger partial charge on any atom is 0.309 e. The Bertz CT molecular complexity index is 560. The molecule has 0 amide bonds. The van der Waals surface area contributed by atoms with E-state index >= 15 is 0 Å². The van der Waals surface area contributed by atoms with E-state index in [1.165, 1.54) is 49.7 Å². The molecule has 0 saturated heterocycles. The number of ether oxygens (including phenoxy) is 1. The molecule has 2 saturated carbocycles.